The monoisotopic (exact) mass is 209 g/mol. The van der Waals surface area contributed by atoms with Crippen LogP contribution < -0.4 is 5.73 Å². The lowest BCUT2D eigenvalue weighted by Crippen LogP contribution is -2.10. The third-order valence-corrected chi connectivity index (χ3v) is 2.03. The summed E-state index contributed by atoms with van der Waals surface area (Å²) in [5, 5.41) is 0.227. The van der Waals surface area contributed by atoms with Gasteiger partial charge in [-0.25, -0.2) is 9.97 Å². The quantitative estimate of drug-likeness (QED) is 0.595. The lowest BCUT2D eigenvalue weighted by Gasteiger charge is -2.04. The summed E-state index contributed by atoms with van der Waals surface area (Å²) >= 11 is 0.585. The SMILES string of the molecule is Nc1nccc(SCC(F)(F)F)n1. The summed E-state index contributed by atoms with van der Waals surface area (Å²) in [4.78, 5) is 7.16. The predicted molar refractivity (Wildman–Crippen MR) is 43.2 cm³/mol. The highest BCUT2D eigenvalue weighted by Gasteiger charge is 2.27. The van der Waals surface area contributed by atoms with Crippen molar-refractivity contribution in [2.45, 2.75) is 11.2 Å². The van der Waals surface area contributed by atoms with E-state index < -0.39 is 11.9 Å². The van der Waals surface area contributed by atoms with Crippen molar-refractivity contribution in [2.75, 3.05) is 11.5 Å². The van der Waals surface area contributed by atoms with Crippen molar-refractivity contribution in [1.82, 2.24) is 9.97 Å². The van der Waals surface area contributed by atoms with Crippen LogP contribution in [0.3, 0.4) is 0 Å². The fourth-order valence-electron chi connectivity index (χ4n) is 0.593. The van der Waals surface area contributed by atoms with E-state index in [4.69, 9.17) is 5.73 Å². The van der Waals surface area contributed by atoms with Crippen LogP contribution in [0.25, 0.3) is 0 Å². The van der Waals surface area contributed by atoms with E-state index in [1.807, 2.05) is 0 Å². The lowest BCUT2D eigenvalue weighted by molar-refractivity contribution is -0.105. The molecule has 0 fully saturated rings. The second kappa shape index (κ2) is 3.82. The van der Waals surface area contributed by atoms with Gasteiger partial charge < -0.3 is 5.73 Å². The molecule has 0 radical (unpaired) electrons. The smallest absolute Gasteiger partial charge is 0.368 e. The van der Waals surface area contributed by atoms with E-state index in [1.54, 1.807) is 0 Å². The van der Waals surface area contributed by atoms with E-state index in [0.29, 0.717) is 11.8 Å². The van der Waals surface area contributed by atoms with Gasteiger partial charge >= 0.3 is 6.18 Å². The highest BCUT2D eigenvalue weighted by molar-refractivity contribution is 7.99. The molecule has 0 aromatic carbocycles. The number of alkyl halides is 3. The second-order valence-electron chi connectivity index (χ2n) is 2.16. The molecule has 13 heavy (non-hydrogen) atoms. The third-order valence-electron chi connectivity index (χ3n) is 1.03. The van der Waals surface area contributed by atoms with Gasteiger partial charge in [-0.2, -0.15) is 13.2 Å². The average Bonchev–Trinajstić information content (AvgIpc) is 2.00. The molecule has 0 aliphatic heterocycles. The molecular weight excluding hydrogens is 203 g/mol. The Balaban J connectivity index is 2.55. The molecule has 0 saturated heterocycles. The Morgan fingerprint density at radius 1 is 1.46 bits per heavy atom. The molecule has 1 heterocycles. The summed E-state index contributed by atoms with van der Waals surface area (Å²) in [5.74, 6) is -0.990. The number of thioether (sulfide) groups is 1. The van der Waals surface area contributed by atoms with Gasteiger partial charge in [0.15, 0.2) is 0 Å². The maximum atomic E-state index is 11.7. The Labute approximate surface area is 76.6 Å². The fourth-order valence-corrected chi connectivity index (χ4v) is 1.22. The Kier molecular flexibility index (Phi) is 2.97. The van der Waals surface area contributed by atoms with Gasteiger partial charge in [-0.1, -0.05) is 11.8 Å². The maximum Gasteiger partial charge on any atom is 0.398 e. The molecule has 0 amide bonds. The van der Waals surface area contributed by atoms with Crippen LogP contribution in [0, 0.1) is 0 Å². The molecule has 72 valence electrons. The first-order valence-electron chi connectivity index (χ1n) is 3.25. The predicted octanol–water partition coefficient (Wildman–Crippen LogP) is 1.71. The zero-order valence-corrected chi connectivity index (χ0v) is 7.19. The fraction of sp³-hybridized carbons (Fsp3) is 0.333. The first kappa shape index (κ1) is 10.1. The van der Waals surface area contributed by atoms with Crippen LogP contribution in [0.4, 0.5) is 19.1 Å². The van der Waals surface area contributed by atoms with Gasteiger partial charge in [0.05, 0.1) is 5.75 Å². The number of anilines is 1. The van der Waals surface area contributed by atoms with Crippen molar-refractivity contribution < 1.29 is 13.2 Å². The largest absolute Gasteiger partial charge is 0.398 e. The Bertz CT molecular complexity index is 289. The summed E-state index contributed by atoms with van der Waals surface area (Å²) < 4.78 is 35.2. The number of nitrogens with zero attached hydrogens (tertiary/aromatic N) is 2. The Hall–Kier alpha value is -0.980. The highest BCUT2D eigenvalue weighted by Crippen LogP contribution is 2.25. The lowest BCUT2D eigenvalue weighted by atomic mass is 10.7. The summed E-state index contributed by atoms with van der Waals surface area (Å²) in [6.45, 7) is 0. The standard InChI is InChI=1S/C6H6F3N3S/c7-6(8,9)3-13-4-1-2-11-5(10)12-4/h1-2H,3H2,(H2,10,11,12). The number of rotatable bonds is 2. The molecule has 1 aromatic rings. The number of nitrogen functional groups attached to an aromatic ring is 1. The molecule has 0 saturated carbocycles. The molecule has 0 aliphatic carbocycles. The van der Waals surface area contributed by atoms with E-state index in [1.165, 1.54) is 12.3 Å². The zero-order valence-electron chi connectivity index (χ0n) is 6.38. The number of hydrogen-bond acceptors (Lipinski definition) is 4. The summed E-state index contributed by atoms with van der Waals surface area (Å²) in [6.07, 6.45) is -2.87. The van der Waals surface area contributed by atoms with Crippen LogP contribution in [-0.2, 0) is 0 Å². The highest BCUT2D eigenvalue weighted by atomic mass is 32.2. The number of nitrogens with two attached hydrogens (primary N) is 1. The molecule has 1 aromatic heterocycles. The Morgan fingerprint density at radius 3 is 2.69 bits per heavy atom. The van der Waals surface area contributed by atoms with Gasteiger partial charge in [0.25, 0.3) is 0 Å². The van der Waals surface area contributed by atoms with Crippen molar-refractivity contribution in [1.29, 1.82) is 0 Å². The summed E-state index contributed by atoms with van der Waals surface area (Å²) in [5.41, 5.74) is 5.18. The number of halogens is 3. The minimum Gasteiger partial charge on any atom is -0.368 e. The van der Waals surface area contributed by atoms with Gasteiger partial charge in [-0.05, 0) is 6.07 Å². The number of hydrogen-bond donors (Lipinski definition) is 1. The molecule has 1 rings (SSSR count). The van der Waals surface area contributed by atoms with Gasteiger partial charge in [-0.15, -0.1) is 0 Å². The molecule has 0 aliphatic rings. The molecule has 0 atom stereocenters. The average molecular weight is 209 g/mol. The zero-order chi connectivity index (χ0) is 9.90. The molecular formula is C6H6F3N3S. The van der Waals surface area contributed by atoms with Gasteiger partial charge in [0.2, 0.25) is 5.95 Å². The van der Waals surface area contributed by atoms with Crippen LogP contribution >= 0.6 is 11.8 Å². The van der Waals surface area contributed by atoms with E-state index in [9.17, 15) is 13.2 Å². The first-order valence-corrected chi connectivity index (χ1v) is 4.24. The van der Waals surface area contributed by atoms with Crippen molar-refractivity contribution in [3.8, 4) is 0 Å². The van der Waals surface area contributed by atoms with E-state index >= 15 is 0 Å². The molecule has 7 heteroatoms. The van der Waals surface area contributed by atoms with Crippen LogP contribution in [0.2, 0.25) is 0 Å². The molecule has 3 nitrogen and oxygen atoms in total. The topological polar surface area (TPSA) is 51.8 Å². The number of aromatic nitrogens is 2. The summed E-state index contributed by atoms with van der Waals surface area (Å²) in [6, 6.07) is 1.38. The van der Waals surface area contributed by atoms with Gasteiger partial charge in [0, 0.05) is 6.20 Å². The van der Waals surface area contributed by atoms with Crippen molar-refractivity contribution in [3.05, 3.63) is 12.3 Å². The van der Waals surface area contributed by atoms with E-state index in [-0.39, 0.29) is 11.0 Å². The van der Waals surface area contributed by atoms with Gasteiger partial charge in [-0.3, -0.25) is 0 Å². The van der Waals surface area contributed by atoms with Crippen molar-refractivity contribution in [2.24, 2.45) is 0 Å². The van der Waals surface area contributed by atoms with E-state index in [0.717, 1.165) is 0 Å². The minimum atomic E-state index is -4.19. The van der Waals surface area contributed by atoms with Crippen LogP contribution in [0.5, 0.6) is 0 Å². The van der Waals surface area contributed by atoms with Crippen LogP contribution in [0.15, 0.2) is 17.3 Å². The second-order valence-corrected chi connectivity index (χ2v) is 3.15. The van der Waals surface area contributed by atoms with Gasteiger partial charge in [0.1, 0.15) is 5.03 Å². The minimum absolute atomic E-state index is 0.0211. The molecule has 2 N–H and O–H groups in total. The maximum absolute atomic E-state index is 11.7. The third kappa shape index (κ3) is 3.97. The van der Waals surface area contributed by atoms with Crippen molar-refractivity contribution >= 4 is 17.7 Å². The molecule has 0 unspecified atom stereocenters. The summed E-state index contributed by atoms with van der Waals surface area (Å²) in [7, 11) is 0. The first-order chi connectivity index (χ1) is 5.97. The van der Waals surface area contributed by atoms with Crippen molar-refractivity contribution in [3.63, 3.8) is 0 Å². The van der Waals surface area contributed by atoms with E-state index in [2.05, 4.69) is 9.97 Å². The molecule has 0 bridgehead atoms. The van der Waals surface area contributed by atoms with Crippen LogP contribution in [-0.4, -0.2) is 21.9 Å². The normalized spacial score (nSPS) is 11.6. The molecule has 0 spiro atoms. The van der Waals surface area contributed by atoms with Crippen LogP contribution in [0.1, 0.15) is 0 Å². The Morgan fingerprint density at radius 2 is 2.15 bits per heavy atom.